The molecule has 2 aliphatic heterocycles. The summed E-state index contributed by atoms with van der Waals surface area (Å²) in [6, 6.07) is 1.72. The standard InChI is InChI=1S/C20H30N4O4/c1-20(2,3)28-19(26)24-11-4-6-15(12-24)18(25)23-10-5-7-16(13-23)27-17-8-9-21-14-22-17/h8-9,14-16H,4-7,10-13H2,1-3H3. The lowest BCUT2D eigenvalue weighted by atomic mass is 9.95. The van der Waals surface area contributed by atoms with Gasteiger partial charge in [-0.15, -0.1) is 0 Å². The normalized spacial score (nSPS) is 23.2. The summed E-state index contributed by atoms with van der Waals surface area (Å²) in [7, 11) is 0. The first-order chi connectivity index (χ1) is 13.3. The quantitative estimate of drug-likeness (QED) is 0.788. The molecule has 2 amide bonds. The highest BCUT2D eigenvalue weighted by Crippen LogP contribution is 2.24. The molecule has 8 heteroatoms. The Labute approximate surface area is 166 Å². The molecule has 0 bridgehead atoms. The number of hydrogen-bond donors (Lipinski definition) is 0. The van der Waals surface area contributed by atoms with Gasteiger partial charge in [-0.3, -0.25) is 4.79 Å². The van der Waals surface area contributed by atoms with E-state index in [9.17, 15) is 9.59 Å². The predicted octanol–water partition coefficient (Wildman–Crippen LogP) is 2.49. The molecule has 2 atom stereocenters. The van der Waals surface area contributed by atoms with Crippen molar-refractivity contribution in [1.29, 1.82) is 0 Å². The third kappa shape index (κ3) is 5.56. The summed E-state index contributed by atoms with van der Waals surface area (Å²) in [5.41, 5.74) is -0.535. The van der Waals surface area contributed by atoms with Gasteiger partial charge in [-0.25, -0.2) is 14.8 Å². The molecule has 0 N–H and O–H groups in total. The van der Waals surface area contributed by atoms with Crippen molar-refractivity contribution in [3.8, 4) is 5.88 Å². The molecule has 0 radical (unpaired) electrons. The van der Waals surface area contributed by atoms with Crippen LogP contribution in [0, 0.1) is 5.92 Å². The van der Waals surface area contributed by atoms with Crippen molar-refractivity contribution in [2.24, 2.45) is 5.92 Å². The Morgan fingerprint density at radius 1 is 1.11 bits per heavy atom. The average molecular weight is 390 g/mol. The van der Waals surface area contributed by atoms with Crippen LogP contribution in [0.5, 0.6) is 5.88 Å². The number of nitrogens with zero attached hydrogens (tertiary/aromatic N) is 4. The van der Waals surface area contributed by atoms with Crippen LogP contribution in [-0.2, 0) is 9.53 Å². The van der Waals surface area contributed by atoms with Crippen LogP contribution < -0.4 is 4.74 Å². The summed E-state index contributed by atoms with van der Waals surface area (Å²) >= 11 is 0. The van der Waals surface area contributed by atoms with Gasteiger partial charge < -0.3 is 19.3 Å². The minimum Gasteiger partial charge on any atom is -0.472 e. The molecule has 8 nitrogen and oxygen atoms in total. The molecule has 2 fully saturated rings. The predicted molar refractivity (Wildman–Crippen MR) is 103 cm³/mol. The van der Waals surface area contributed by atoms with E-state index in [-0.39, 0.29) is 24.0 Å². The monoisotopic (exact) mass is 390 g/mol. The van der Waals surface area contributed by atoms with E-state index in [0.29, 0.717) is 25.5 Å². The second-order valence-corrected chi connectivity index (χ2v) is 8.48. The Balaban J connectivity index is 1.56. The Bertz CT molecular complexity index is 677. The minimum absolute atomic E-state index is 0.0712. The smallest absolute Gasteiger partial charge is 0.410 e. The lowest BCUT2D eigenvalue weighted by Crippen LogP contribution is -2.51. The van der Waals surface area contributed by atoms with Gasteiger partial charge in [0.05, 0.1) is 12.5 Å². The Kier molecular flexibility index (Phi) is 6.36. The highest BCUT2D eigenvalue weighted by atomic mass is 16.6. The van der Waals surface area contributed by atoms with Crippen molar-refractivity contribution >= 4 is 12.0 Å². The highest BCUT2D eigenvalue weighted by molar-refractivity contribution is 5.80. The number of hydrogen-bond acceptors (Lipinski definition) is 6. The molecule has 28 heavy (non-hydrogen) atoms. The van der Waals surface area contributed by atoms with Crippen LogP contribution in [0.1, 0.15) is 46.5 Å². The van der Waals surface area contributed by atoms with Gasteiger partial charge >= 0.3 is 6.09 Å². The molecule has 0 aliphatic carbocycles. The maximum Gasteiger partial charge on any atom is 0.410 e. The molecule has 0 aromatic carbocycles. The van der Waals surface area contributed by atoms with E-state index in [1.54, 1.807) is 17.2 Å². The van der Waals surface area contributed by atoms with E-state index >= 15 is 0 Å². The molecular formula is C20H30N4O4. The zero-order chi connectivity index (χ0) is 20.1. The first-order valence-corrected chi connectivity index (χ1v) is 10.0. The first-order valence-electron chi connectivity index (χ1n) is 10.0. The minimum atomic E-state index is -0.535. The number of rotatable bonds is 3. The number of piperidine rings is 2. The summed E-state index contributed by atoms with van der Waals surface area (Å²) in [6.07, 6.45) is 6.07. The van der Waals surface area contributed by atoms with Crippen LogP contribution in [0.2, 0.25) is 0 Å². The molecule has 2 unspecified atom stereocenters. The van der Waals surface area contributed by atoms with E-state index in [1.165, 1.54) is 6.33 Å². The molecule has 0 spiro atoms. The summed E-state index contributed by atoms with van der Waals surface area (Å²) < 4.78 is 11.4. The van der Waals surface area contributed by atoms with Gasteiger partial charge in [-0.2, -0.15) is 0 Å². The summed E-state index contributed by atoms with van der Waals surface area (Å²) in [5.74, 6) is 0.450. The number of carbonyl (C=O) groups is 2. The lowest BCUT2D eigenvalue weighted by Gasteiger charge is -2.38. The van der Waals surface area contributed by atoms with Gasteiger partial charge in [0, 0.05) is 31.9 Å². The summed E-state index contributed by atoms with van der Waals surface area (Å²) in [4.78, 5) is 37.0. The van der Waals surface area contributed by atoms with E-state index in [2.05, 4.69) is 9.97 Å². The third-order valence-corrected chi connectivity index (χ3v) is 4.95. The Morgan fingerprint density at radius 2 is 1.86 bits per heavy atom. The van der Waals surface area contributed by atoms with E-state index in [4.69, 9.17) is 9.47 Å². The van der Waals surface area contributed by atoms with Gasteiger partial charge in [0.2, 0.25) is 11.8 Å². The maximum atomic E-state index is 13.1. The molecule has 0 saturated carbocycles. The topological polar surface area (TPSA) is 84.9 Å². The molecule has 2 aliphatic rings. The SMILES string of the molecule is CC(C)(C)OC(=O)N1CCCC(C(=O)N2CCCC(Oc3ccncn3)C2)C1. The number of aromatic nitrogens is 2. The zero-order valence-electron chi connectivity index (χ0n) is 17.0. The molecule has 1 aromatic heterocycles. The fourth-order valence-corrected chi connectivity index (χ4v) is 3.68. The average Bonchev–Trinajstić information content (AvgIpc) is 2.67. The second kappa shape index (κ2) is 8.75. The Morgan fingerprint density at radius 3 is 2.57 bits per heavy atom. The van der Waals surface area contributed by atoms with Crippen LogP contribution in [0.3, 0.4) is 0 Å². The lowest BCUT2D eigenvalue weighted by molar-refractivity contribution is -0.139. The van der Waals surface area contributed by atoms with Crippen molar-refractivity contribution in [2.45, 2.75) is 58.2 Å². The highest BCUT2D eigenvalue weighted by Gasteiger charge is 2.35. The van der Waals surface area contributed by atoms with Gasteiger partial charge in [0.25, 0.3) is 0 Å². The van der Waals surface area contributed by atoms with Crippen LogP contribution in [0.15, 0.2) is 18.6 Å². The van der Waals surface area contributed by atoms with Crippen molar-refractivity contribution in [2.75, 3.05) is 26.2 Å². The molecule has 154 valence electrons. The fraction of sp³-hybridized carbons (Fsp3) is 0.700. The number of ether oxygens (including phenoxy) is 2. The summed E-state index contributed by atoms with van der Waals surface area (Å²) in [6.45, 7) is 7.88. The van der Waals surface area contributed by atoms with Gasteiger partial charge in [-0.05, 0) is 46.5 Å². The van der Waals surface area contributed by atoms with E-state index in [0.717, 1.165) is 32.2 Å². The van der Waals surface area contributed by atoms with E-state index in [1.807, 2.05) is 25.7 Å². The number of amides is 2. The molecular weight excluding hydrogens is 360 g/mol. The summed E-state index contributed by atoms with van der Waals surface area (Å²) in [5, 5.41) is 0. The molecule has 1 aromatic rings. The molecule has 2 saturated heterocycles. The van der Waals surface area contributed by atoms with Crippen LogP contribution in [0.25, 0.3) is 0 Å². The maximum absolute atomic E-state index is 13.1. The van der Waals surface area contributed by atoms with Crippen molar-refractivity contribution in [3.63, 3.8) is 0 Å². The van der Waals surface area contributed by atoms with Gasteiger partial charge in [0.15, 0.2) is 0 Å². The Hall–Kier alpha value is -2.38. The van der Waals surface area contributed by atoms with E-state index < -0.39 is 5.60 Å². The second-order valence-electron chi connectivity index (χ2n) is 8.48. The largest absolute Gasteiger partial charge is 0.472 e. The van der Waals surface area contributed by atoms with Crippen molar-refractivity contribution in [1.82, 2.24) is 19.8 Å². The third-order valence-electron chi connectivity index (χ3n) is 4.95. The molecule has 3 heterocycles. The van der Waals surface area contributed by atoms with Gasteiger partial charge in [-0.1, -0.05) is 0 Å². The first kappa shape index (κ1) is 20.4. The van der Waals surface area contributed by atoms with Crippen LogP contribution >= 0.6 is 0 Å². The van der Waals surface area contributed by atoms with Crippen molar-refractivity contribution < 1.29 is 19.1 Å². The van der Waals surface area contributed by atoms with Gasteiger partial charge in [0.1, 0.15) is 18.0 Å². The van der Waals surface area contributed by atoms with Crippen LogP contribution in [-0.4, -0.2) is 69.7 Å². The fourth-order valence-electron chi connectivity index (χ4n) is 3.68. The zero-order valence-corrected chi connectivity index (χ0v) is 17.0. The van der Waals surface area contributed by atoms with Crippen molar-refractivity contribution in [3.05, 3.63) is 18.6 Å². The molecule has 3 rings (SSSR count). The number of carbonyl (C=O) groups excluding carboxylic acids is 2. The van der Waals surface area contributed by atoms with Crippen LogP contribution in [0.4, 0.5) is 4.79 Å². The number of likely N-dealkylation sites (tertiary alicyclic amines) is 2.